The van der Waals surface area contributed by atoms with Gasteiger partial charge in [0.25, 0.3) is 0 Å². The van der Waals surface area contributed by atoms with Crippen molar-refractivity contribution in [3.05, 3.63) is 17.0 Å². The van der Waals surface area contributed by atoms with Crippen molar-refractivity contribution < 1.29 is 4.52 Å². The predicted octanol–water partition coefficient (Wildman–Crippen LogP) is 2.42. The molecule has 3 heteroatoms. The molecular weight excluding hydrogens is 170 g/mol. The minimum Gasteiger partial charge on any atom is -0.361 e. The van der Waals surface area contributed by atoms with Crippen LogP contribution < -0.4 is 0 Å². The molecule has 0 bridgehead atoms. The van der Waals surface area contributed by atoms with Gasteiger partial charge in [-0.15, -0.1) is 0 Å². The Bertz CT molecular complexity index is 269. The summed E-state index contributed by atoms with van der Waals surface area (Å²) in [6, 6.07) is 0. The van der Waals surface area contributed by atoms with Gasteiger partial charge in [0.05, 0.1) is 5.69 Å². The van der Waals surface area contributed by atoms with Crippen molar-refractivity contribution in [3.8, 4) is 0 Å². The maximum Gasteiger partial charge on any atom is 0.140 e. The van der Waals surface area contributed by atoms with Crippen LogP contribution in [0, 0.1) is 0 Å². The molecule has 0 aromatic carbocycles. The molecule has 0 unspecified atom stereocenters. The van der Waals surface area contributed by atoms with Crippen molar-refractivity contribution in [2.75, 3.05) is 6.26 Å². The van der Waals surface area contributed by atoms with Gasteiger partial charge in [0, 0.05) is 17.7 Å². The highest BCUT2D eigenvalue weighted by molar-refractivity contribution is 7.97. The molecule has 0 amide bonds. The van der Waals surface area contributed by atoms with E-state index >= 15 is 0 Å². The van der Waals surface area contributed by atoms with E-state index < -0.39 is 0 Å². The Morgan fingerprint density at radius 3 is 3.08 bits per heavy atom. The zero-order chi connectivity index (χ0) is 8.39. The van der Waals surface area contributed by atoms with Gasteiger partial charge in [-0.3, -0.25) is 0 Å². The molecule has 1 aliphatic carbocycles. The molecule has 1 aromatic heterocycles. The lowest BCUT2D eigenvalue weighted by atomic mass is 9.97. The van der Waals surface area contributed by atoms with Crippen molar-refractivity contribution in [3.63, 3.8) is 0 Å². The molecule has 1 heterocycles. The molecule has 0 saturated heterocycles. The minimum atomic E-state index is 0.999. The fraction of sp³-hybridized carbons (Fsp3) is 0.667. The minimum absolute atomic E-state index is 0.999. The number of nitrogens with zero attached hydrogens (tertiary/aromatic N) is 1. The molecule has 0 fully saturated rings. The third-order valence-corrected chi connectivity index (χ3v) is 2.87. The van der Waals surface area contributed by atoms with Crippen LogP contribution in [0.1, 0.15) is 29.9 Å². The fourth-order valence-electron chi connectivity index (χ4n) is 1.70. The molecule has 0 N–H and O–H groups in total. The third kappa shape index (κ3) is 1.38. The van der Waals surface area contributed by atoms with Crippen molar-refractivity contribution in [1.29, 1.82) is 0 Å². The molecule has 1 aromatic rings. The first-order chi connectivity index (χ1) is 5.92. The molecule has 2 rings (SSSR count). The van der Waals surface area contributed by atoms with Crippen LogP contribution in [0.5, 0.6) is 0 Å². The second-order valence-electron chi connectivity index (χ2n) is 3.17. The van der Waals surface area contributed by atoms with Crippen LogP contribution in [-0.2, 0) is 18.6 Å². The second-order valence-corrected chi connectivity index (χ2v) is 4.04. The van der Waals surface area contributed by atoms with Crippen LogP contribution in [0.3, 0.4) is 0 Å². The monoisotopic (exact) mass is 183 g/mol. The van der Waals surface area contributed by atoms with Gasteiger partial charge in [-0.25, -0.2) is 0 Å². The molecule has 0 radical (unpaired) electrons. The molecule has 0 saturated carbocycles. The summed E-state index contributed by atoms with van der Waals surface area (Å²) in [7, 11) is 0. The molecule has 0 atom stereocenters. The molecule has 66 valence electrons. The van der Waals surface area contributed by atoms with Crippen LogP contribution in [0.4, 0.5) is 0 Å². The summed E-state index contributed by atoms with van der Waals surface area (Å²) in [5, 5.41) is 4.09. The van der Waals surface area contributed by atoms with Crippen molar-refractivity contribution in [1.82, 2.24) is 5.16 Å². The first-order valence-electron chi connectivity index (χ1n) is 4.37. The van der Waals surface area contributed by atoms with E-state index in [1.54, 1.807) is 0 Å². The molecule has 0 aliphatic heterocycles. The predicted molar refractivity (Wildman–Crippen MR) is 50.4 cm³/mol. The molecular formula is C9H13NOS. The normalized spacial score (nSPS) is 16.1. The Kier molecular flexibility index (Phi) is 2.40. The summed E-state index contributed by atoms with van der Waals surface area (Å²) in [4.78, 5) is 0. The fourth-order valence-corrected chi connectivity index (χ4v) is 2.20. The first kappa shape index (κ1) is 8.17. The number of rotatable bonds is 2. The van der Waals surface area contributed by atoms with Gasteiger partial charge in [0.15, 0.2) is 0 Å². The number of fused-ring (bicyclic) bond motifs is 1. The summed E-state index contributed by atoms with van der Waals surface area (Å²) < 4.78 is 5.28. The highest BCUT2D eigenvalue weighted by Crippen LogP contribution is 2.25. The van der Waals surface area contributed by atoms with Crippen LogP contribution in [-0.4, -0.2) is 11.4 Å². The Labute approximate surface area is 76.7 Å². The summed E-state index contributed by atoms with van der Waals surface area (Å²) in [6.45, 7) is 0. The zero-order valence-electron chi connectivity index (χ0n) is 7.30. The van der Waals surface area contributed by atoms with Crippen molar-refractivity contribution in [2.45, 2.75) is 31.4 Å². The first-order valence-corrected chi connectivity index (χ1v) is 5.76. The van der Waals surface area contributed by atoms with Gasteiger partial charge >= 0.3 is 0 Å². The largest absolute Gasteiger partial charge is 0.361 e. The van der Waals surface area contributed by atoms with Crippen LogP contribution in [0.15, 0.2) is 4.52 Å². The number of aromatic nitrogens is 1. The van der Waals surface area contributed by atoms with Crippen LogP contribution in [0.2, 0.25) is 0 Å². The maximum atomic E-state index is 5.28. The lowest BCUT2D eigenvalue weighted by molar-refractivity contribution is 0.369. The van der Waals surface area contributed by atoms with Crippen LogP contribution >= 0.6 is 11.8 Å². The van der Waals surface area contributed by atoms with E-state index in [2.05, 4.69) is 11.4 Å². The quantitative estimate of drug-likeness (QED) is 0.704. The van der Waals surface area contributed by atoms with Crippen molar-refractivity contribution in [2.24, 2.45) is 0 Å². The van der Waals surface area contributed by atoms with Gasteiger partial charge in [0.1, 0.15) is 5.76 Å². The Morgan fingerprint density at radius 2 is 2.25 bits per heavy atom. The highest BCUT2D eigenvalue weighted by atomic mass is 32.2. The average molecular weight is 183 g/mol. The molecule has 2 nitrogen and oxygen atoms in total. The second kappa shape index (κ2) is 3.52. The van der Waals surface area contributed by atoms with Gasteiger partial charge in [-0.2, -0.15) is 11.8 Å². The van der Waals surface area contributed by atoms with Gasteiger partial charge < -0.3 is 4.52 Å². The SMILES string of the molecule is CSCc1noc2c1CCCC2. The average Bonchev–Trinajstić information content (AvgIpc) is 2.50. The summed E-state index contributed by atoms with van der Waals surface area (Å²) >= 11 is 1.81. The Balaban J connectivity index is 2.25. The molecule has 1 aliphatic rings. The van der Waals surface area contributed by atoms with E-state index in [-0.39, 0.29) is 0 Å². The van der Waals surface area contributed by atoms with Crippen molar-refractivity contribution >= 4 is 11.8 Å². The van der Waals surface area contributed by atoms with Gasteiger partial charge in [-0.1, -0.05) is 5.16 Å². The van der Waals surface area contributed by atoms with E-state index in [1.807, 2.05) is 11.8 Å². The van der Waals surface area contributed by atoms with E-state index in [0.29, 0.717) is 0 Å². The summed E-state index contributed by atoms with van der Waals surface area (Å²) in [6.07, 6.45) is 6.94. The Morgan fingerprint density at radius 1 is 1.42 bits per heavy atom. The number of thioether (sulfide) groups is 1. The van der Waals surface area contributed by atoms with E-state index in [4.69, 9.17) is 4.52 Å². The topological polar surface area (TPSA) is 26.0 Å². The van der Waals surface area contributed by atoms with Gasteiger partial charge in [-0.05, 0) is 25.5 Å². The number of hydrogen-bond acceptors (Lipinski definition) is 3. The Hall–Kier alpha value is -0.440. The van der Waals surface area contributed by atoms with E-state index in [9.17, 15) is 0 Å². The molecule has 0 spiro atoms. The highest BCUT2D eigenvalue weighted by Gasteiger charge is 2.18. The lowest BCUT2D eigenvalue weighted by Gasteiger charge is -2.08. The smallest absolute Gasteiger partial charge is 0.140 e. The lowest BCUT2D eigenvalue weighted by Crippen LogP contribution is -2.00. The summed E-state index contributed by atoms with van der Waals surface area (Å²) in [5.41, 5.74) is 2.58. The third-order valence-electron chi connectivity index (χ3n) is 2.31. The zero-order valence-corrected chi connectivity index (χ0v) is 8.12. The van der Waals surface area contributed by atoms with E-state index in [1.165, 1.54) is 30.5 Å². The van der Waals surface area contributed by atoms with E-state index in [0.717, 1.165) is 17.9 Å². The molecule has 12 heavy (non-hydrogen) atoms. The standard InChI is InChI=1S/C9H13NOS/c1-12-6-8-7-4-2-3-5-9(7)11-10-8/h2-6H2,1H3. The van der Waals surface area contributed by atoms with Crippen LogP contribution in [0.25, 0.3) is 0 Å². The number of aryl methyl sites for hydroxylation is 1. The summed E-state index contributed by atoms with van der Waals surface area (Å²) in [5.74, 6) is 2.14. The van der Waals surface area contributed by atoms with Gasteiger partial charge in [0.2, 0.25) is 0 Å². The maximum absolute atomic E-state index is 5.28. The number of hydrogen-bond donors (Lipinski definition) is 0.